The van der Waals surface area contributed by atoms with Crippen molar-refractivity contribution in [2.24, 2.45) is 0 Å². The number of carbonyl (C=O) groups excluding carboxylic acids is 1. The summed E-state index contributed by atoms with van der Waals surface area (Å²) in [5, 5.41) is 15.3. The number of nitrogens with one attached hydrogen (secondary N) is 1. The maximum absolute atomic E-state index is 12.2. The molecule has 2 aromatic rings. The Hall–Kier alpha value is -1.66. The number of amides is 1. The van der Waals surface area contributed by atoms with Crippen LogP contribution in [0.4, 0.5) is 0 Å². The molecule has 0 radical (unpaired) electrons. The SMILES string of the molecule is CCCCC[C@@H](C)NC(=O)Cn1ccnc1[C@H](O)c1cccs1. The van der Waals surface area contributed by atoms with Crippen molar-refractivity contribution in [3.63, 3.8) is 0 Å². The molecule has 2 aromatic heterocycles. The van der Waals surface area contributed by atoms with E-state index in [1.165, 1.54) is 24.2 Å². The van der Waals surface area contributed by atoms with E-state index in [4.69, 9.17) is 0 Å². The number of aliphatic hydroxyl groups excluding tert-OH is 1. The summed E-state index contributed by atoms with van der Waals surface area (Å²) in [6.45, 7) is 4.38. The average Bonchev–Trinajstić information content (AvgIpc) is 3.18. The zero-order chi connectivity index (χ0) is 16.7. The fourth-order valence-electron chi connectivity index (χ4n) is 2.52. The van der Waals surface area contributed by atoms with Crippen molar-refractivity contribution in [1.29, 1.82) is 0 Å². The number of carbonyl (C=O) groups is 1. The van der Waals surface area contributed by atoms with Gasteiger partial charge in [-0.1, -0.05) is 32.3 Å². The predicted molar refractivity (Wildman–Crippen MR) is 92.4 cm³/mol. The number of unbranched alkanes of at least 4 members (excludes halogenated alkanes) is 2. The molecule has 1 amide bonds. The van der Waals surface area contributed by atoms with Gasteiger partial charge < -0.3 is 15.0 Å². The van der Waals surface area contributed by atoms with Crippen molar-refractivity contribution in [2.75, 3.05) is 0 Å². The minimum absolute atomic E-state index is 0.0494. The van der Waals surface area contributed by atoms with Gasteiger partial charge in [0.25, 0.3) is 0 Å². The van der Waals surface area contributed by atoms with Crippen LogP contribution in [0, 0.1) is 0 Å². The Balaban J connectivity index is 1.91. The number of aromatic nitrogens is 2. The third-order valence-corrected chi connectivity index (χ3v) is 4.69. The van der Waals surface area contributed by atoms with Gasteiger partial charge >= 0.3 is 0 Å². The molecule has 0 fully saturated rings. The van der Waals surface area contributed by atoms with Crippen molar-refractivity contribution < 1.29 is 9.90 Å². The van der Waals surface area contributed by atoms with Crippen LogP contribution < -0.4 is 5.32 Å². The molecule has 0 spiro atoms. The zero-order valence-corrected chi connectivity index (χ0v) is 14.6. The van der Waals surface area contributed by atoms with E-state index < -0.39 is 6.10 Å². The molecule has 2 rings (SSSR count). The third-order valence-electron chi connectivity index (χ3n) is 3.77. The maximum Gasteiger partial charge on any atom is 0.240 e. The second kappa shape index (κ2) is 8.84. The van der Waals surface area contributed by atoms with Crippen LogP contribution in [0.25, 0.3) is 0 Å². The van der Waals surface area contributed by atoms with Crippen molar-refractivity contribution in [3.8, 4) is 0 Å². The lowest BCUT2D eigenvalue weighted by molar-refractivity contribution is -0.122. The predicted octanol–water partition coefficient (Wildman–Crippen LogP) is 3.11. The molecule has 6 heteroatoms. The molecule has 0 aliphatic carbocycles. The molecule has 2 heterocycles. The topological polar surface area (TPSA) is 67.2 Å². The molecule has 0 aliphatic rings. The summed E-state index contributed by atoms with van der Waals surface area (Å²) >= 11 is 1.47. The van der Waals surface area contributed by atoms with Gasteiger partial charge in [0.1, 0.15) is 18.5 Å². The summed E-state index contributed by atoms with van der Waals surface area (Å²) in [5.74, 6) is 0.452. The fraction of sp³-hybridized carbons (Fsp3) is 0.529. The largest absolute Gasteiger partial charge is 0.380 e. The number of imidazole rings is 1. The number of rotatable bonds is 9. The smallest absolute Gasteiger partial charge is 0.240 e. The molecule has 0 unspecified atom stereocenters. The van der Waals surface area contributed by atoms with Gasteiger partial charge in [-0.15, -0.1) is 11.3 Å². The highest BCUT2D eigenvalue weighted by Gasteiger charge is 2.18. The number of nitrogens with zero attached hydrogens (tertiary/aromatic N) is 2. The normalized spacial score (nSPS) is 13.7. The second-order valence-electron chi connectivity index (χ2n) is 5.80. The molecule has 23 heavy (non-hydrogen) atoms. The van der Waals surface area contributed by atoms with Gasteiger partial charge in [-0.2, -0.15) is 0 Å². The number of hydrogen-bond acceptors (Lipinski definition) is 4. The van der Waals surface area contributed by atoms with Crippen molar-refractivity contribution in [2.45, 2.75) is 58.2 Å². The summed E-state index contributed by atoms with van der Waals surface area (Å²) < 4.78 is 1.71. The Labute approximate surface area is 141 Å². The molecule has 0 aromatic carbocycles. The molecule has 2 atom stereocenters. The van der Waals surface area contributed by atoms with E-state index in [1.54, 1.807) is 17.0 Å². The molecule has 5 nitrogen and oxygen atoms in total. The van der Waals surface area contributed by atoms with Crippen LogP contribution >= 0.6 is 11.3 Å². The van der Waals surface area contributed by atoms with Crippen LogP contribution in [-0.4, -0.2) is 26.6 Å². The Morgan fingerprint density at radius 3 is 3.00 bits per heavy atom. The summed E-state index contributed by atoms with van der Waals surface area (Å²) in [5.41, 5.74) is 0. The van der Waals surface area contributed by atoms with Gasteiger partial charge in [-0.25, -0.2) is 4.98 Å². The van der Waals surface area contributed by atoms with Crippen LogP contribution in [0.5, 0.6) is 0 Å². The van der Waals surface area contributed by atoms with Crippen molar-refractivity contribution >= 4 is 17.2 Å². The lowest BCUT2D eigenvalue weighted by Gasteiger charge is -2.16. The van der Waals surface area contributed by atoms with Crippen LogP contribution in [0.3, 0.4) is 0 Å². The molecule has 126 valence electrons. The molecule has 0 saturated carbocycles. The molecule has 2 N–H and O–H groups in total. The molecule has 0 aliphatic heterocycles. The minimum atomic E-state index is -0.792. The molecular formula is C17H25N3O2S. The average molecular weight is 335 g/mol. The van der Waals surface area contributed by atoms with Gasteiger partial charge in [0.15, 0.2) is 0 Å². The van der Waals surface area contributed by atoms with Crippen LogP contribution in [-0.2, 0) is 11.3 Å². The Kier molecular flexibility index (Phi) is 6.80. The monoisotopic (exact) mass is 335 g/mol. The van der Waals surface area contributed by atoms with E-state index in [2.05, 4.69) is 17.2 Å². The van der Waals surface area contributed by atoms with E-state index in [1.807, 2.05) is 24.4 Å². The molecular weight excluding hydrogens is 310 g/mol. The zero-order valence-electron chi connectivity index (χ0n) is 13.7. The van der Waals surface area contributed by atoms with E-state index in [0.717, 1.165) is 17.7 Å². The van der Waals surface area contributed by atoms with Crippen molar-refractivity contribution in [1.82, 2.24) is 14.9 Å². The maximum atomic E-state index is 12.2. The summed E-state index contributed by atoms with van der Waals surface area (Å²) in [7, 11) is 0. The second-order valence-corrected chi connectivity index (χ2v) is 6.77. The number of thiophene rings is 1. The van der Waals surface area contributed by atoms with E-state index >= 15 is 0 Å². The Bertz CT molecular complexity index is 595. The summed E-state index contributed by atoms with van der Waals surface area (Å²) in [4.78, 5) is 17.2. The van der Waals surface area contributed by atoms with Crippen LogP contribution in [0.1, 0.15) is 56.3 Å². The third kappa shape index (κ3) is 5.18. The first-order chi connectivity index (χ1) is 11.1. The first kappa shape index (κ1) is 17.7. The van der Waals surface area contributed by atoms with E-state index in [9.17, 15) is 9.90 Å². The first-order valence-electron chi connectivity index (χ1n) is 8.13. The van der Waals surface area contributed by atoms with E-state index in [0.29, 0.717) is 5.82 Å². The quantitative estimate of drug-likeness (QED) is 0.692. The van der Waals surface area contributed by atoms with Gasteiger partial charge in [0, 0.05) is 23.3 Å². The van der Waals surface area contributed by atoms with Gasteiger partial charge in [0.2, 0.25) is 5.91 Å². The Morgan fingerprint density at radius 2 is 2.30 bits per heavy atom. The van der Waals surface area contributed by atoms with Crippen molar-refractivity contribution in [3.05, 3.63) is 40.6 Å². The Morgan fingerprint density at radius 1 is 1.48 bits per heavy atom. The standard InChI is InChI=1S/C17H25N3O2S/c1-3-4-5-7-13(2)19-15(21)12-20-10-9-18-17(20)16(22)14-8-6-11-23-14/h6,8-11,13,16,22H,3-5,7,12H2,1-2H3,(H,19,21)/t13-,16-/m1/s1. The lowest BCUT2D eigenvalue weighted by Crippen LogP contribution is -2.35. The minimum Gasteiger partial charge on any atom is -0.380 e. The summed E-state index contributed by atoms with van der Waals surface area (Å²) in [6.07, 6.45) is 7.05. The highest BCUT2D eigenvalue weighted by Crippen LogP contribution is 2.24. The number of aliphatic hydroxyl groups is 1. The van der Waals surface area contributed by atoms with Crippen LogP contribution in [0.15, 0.2) is 29.9 Å². The van der Waals surface area contributed by atoms with E-state index in [-0.39, 0.29) is 18.5 Å². The summed E-state index contributed by atoms with van der Waals surface area (Å²) in [6, 6.07) is 3.93. The highest BCUT2D eigenvalue weighted by molar-refractivity contribution is 7.10. The lowest BCUT2D eigenvalue weighted by atomic mass is 10.1. The first-order valence-corrected chi connectivity index (χ1v) is 9.01. The van der Waals surface area contributed by atoms with Gasteiger partial charge in [-0.3, -0.25) is 4.79 Å². The molecule has 0 saturated heterocycles. The van der Waals surface area contributed by atoms with Gasteiger partial charge in [-0.05, 0) is 24.8 Å². The number of hydrogen-bond donors (Lipinski definition) is 2. The fourth-order valence-corrected chi connectivity index (χ4v) is 3.23. The van der Waals surface area contributed by atoms with Crippen LogP contribution in [0.2, 0.25) is 0 Å². The highest BCUT2D eigenvalue weighted by atomic mass is 32.1. The van der Waals surface area contributed by atoms with Gasteiger partial charge in [0.05, 0.1) is 0 Å². The molecule has 0 bridgehead atoms.